The molecule has 22 heavy (non-hydrogen) atoms. The van der Waals surface area contributed by atoms with Crippen LogP contribution in [-0.4, -0.2) is 63.7 Å². The number of likely N-dealkylation sites (tertiary alicyclic amines) is 1. The fourth-order valence-electron chi connectivity index (χ4n) is 2.93. The third-order valence-electron chi connectivity index (χ3n) is 4.13. The first-order valence-corrected chi connectivity index (χ1v) is 7.42. The molecule has 0 bridgehead atoms. The number of aromatic nitrogens is 3. The molecule has 1 saturated heterocycles. The van der Waals surface area contributed by atoms with E-state index in [1.54, 1.807) is 12.0 Å². The van der Waals surface area contributed by atoms with E-state index in [4.69, 9.17) is 4.74 Å². The van der Waals surface area contributed by atoms with E-state index in [9.17, 15) is 14.7 Å². The number of amides is 1. The van der Waals surface area contributed by atoms with Crippen LogP contribution in [0.2, 0.25) is 0 Å². The Bertz CT molecular complexity index is 505. The summed E-state index contributed by atoms with van der Waals surface area (Å²) in [4.78, 5) is 27.0. The summed E-state index contributed by atoms with van der Waals surface area (Å²) in [6.45, 7) is 1.40. The number of ether oxygens (including phenoxy) is 1. The molecule has 1 aliphatic heterocycles. The zero-order valence-electron chi connectivity index (χ0n) is 12.8. The normalized spacial score (nSPS) is 21.8. The molecule has 0 spiro atoms. The Balaban J connectivity index is 2.01. The number of carbonyl (C=O) groups is 2. The SMILES string of the molecule is COCCC[C@@]1(C(=O)O)CCCN(C(=O)Cn2nccn2)C1. The van der Waals surface area contributed by atoms with Gasteiger partial charge in [0.15, 0.2) is 0 Å². The highest BCUT2D eigenvalue weighted by Crippen LogP contribution is 2.35. The van der Waals surface area contributed by atoms with Crippen molar-refractivity contribution in [3.63, 3.8) is 0 Å². The van der Waals surface area contributed by atoms with E-state index >= 15 is 0 Å². The summed E-state index contributed by atoms with van der Waals surface area (Å²) in [5, 5.41) is 17.5. The van der Waals surface area contributed by atoms with Gasteiger partial charge in [-0.1, -0.05) is 0 Å². The Kier molecular flexibility index (Phi) is 5.48. The maximum Gasteiger partial charge on any atom is 0.311 e. The molecule has 1 amide bonds. The summed E-state index contributed by atoms with van der Waals surface area (Å²) < 4.78 is 5.01. The predicted octanol–water partition coefficient (Wildman–Crippen LogP) is 0.398. The minimum absolute atomic E-state index is 0.0424. The first kappa shape index (κ1) is 16.4. The van der Waals surface area contributed by atoms with Gasteiger partial charge in [-0.3, -0.25) is 9.59 Å². The molecule has 8 heteroatoms. The van der Waals surface area contributed by atoms with Crippen LogP contribution in [0.25, 0.3) is 0 Å². The van der Waals surface area contributed by atoms with Crippen LogP contribution in [0.3, 0.4) is 0 Å². The minimum atomic E-state index is -0.871. The molecule has 1 fully saturated rings. The van der Waals surface area contributed by atoms with Crippen LogP contribution in [-0.2, 0) is 20.9 Å². The van der Waals surface area contributed by atoms with Crippen molar-refractivity contribution in [3.8, 4) is 0 Å². The number of carbonyl (C=O) groups excluding carboxylic acids is 1. The number of aliphatic carboxylic acids is 1. The fourth-order valence-corrected chi connectivity index (χ4v) is 2.93. The van der Waals surface area contributed by atoms with Crippen LogP contribution in [0.5, 0.6) is 0 Å². The van der Waals surface area contributed by atoms with Gasteiger partial charge in [-0.25, -0.2) is 0 Å². The number of nitrogens with zero attached hydrogens (tertiary/aromatic N) is 4. The van der Waals surface area contributed by atoms with Crippen LogP contribution in [0.1, 0.15) is 25.7 Å². The Labute approximate surface area is 129 Å². The number of hydrogen-bond acceptors (Lipinski definition) is 5. The third-order valence-corrected chi connectivity index (χ3v) is 4.13. The van der Waals surface area contributed by atoms with Crippen molar-refractivity contribution in [2.24, 2.45) is 5.41 Å². The van der Waals surface area contributed by atoms with Crippen molar-refractivity contribution < 1.29 is 19.4 Å². The zero-order chi connectivity index (χ0) is 16.0. The molecule has 1 aliphatic rings. The second-order valence-corrected chi connectivity index (χ2v) is 5.66. The minimum Gasteiger partial charge on any atom is -0.481 e. The second kappa shape index (κ2) is 7.35. The lowest BCUT2D eigenvalue weighted by Gasteiger charge is -2.40. The molecular weight excluding hydrogens is 288 g/mol. The molecule has 1 atom stereocenters. The smallest absolute Gasteiger partial charge is 0.311 e. The molecule has 0 saturated carbocycles. The van der Waals surface area contributed by atoms with E-state index in [1.165, 1.54) is 17.2 Å². The molecule has 122 valence electrons. The van der Waals surface area contributed by atoms with Crippen molar-refractivity contribution in [3.05, 3.63) is 12.4 Å². The van der Waals surface area contributed by atoms with E-state index in [1.807, 2.05) is 0 Å². The highest BCUT2D eigenvalue weighted by atomic mass is 16.5. The van der Waals surface area contributed by atoms with Gasteiger partial charge in [0.05, 0.1) is 17.8 Å². The monoisotopic (exact) mass is 310 g/mol. The van der Waals surface area contributed by atoms with E-state index in [2.05, 4.69) is 10.2 Å². The van der Waals surface area contributed by atoms with Gasteiger partial charge in [-0.05, 0) is 25.7 Å². The quantitative estimate of drug-likeness (QED) is 0.732. The van der Waals surface area contributed by atoms with Gasteiger partial charge < -0.3 is 14.7 Å². The van der Waals surface area contributed by atoms with Crippen molar-refractivity contribution >= 4 is 11.9 Å². The second-order valence-electron chi connectivity index (χ2n) is 5.66. The molecule has 1 N–H and O–H groups in total. The highest BCUT2D eigenvalue weighted by molar-refractivity contribution is 5.79. The summed E-state index contributed by atoms with van der Waals surface area (Å²) in [6, 6.07) is 0. The molecular formula is C14H22N4O4. The molecule has 1 aromatic heterocycles. The summed E-state index contributed by atoms with van der Waals surface area (Å²) in [5.41, 5.74) is -0.871. The lowest BCUT2D eigenvalue weighted by atomic mass is 9.76. The van der Waals surface area contributed by atoms with Crippen molar-refractivity contribution in [2.75, 3.05) is 26.8 Å². The average Bonchev–Trinajstić information content (AvgIpc) is 3.00. The van der Waals surface area contributed by atoms with Crippen molar-refractivity contribution in [2.45, 2.75) is 32.2 Å². The maximum atomic E-state index is 12.3. The van der Waals surface area contributed by atoms with Gasteiger partial charge >= 0.3 is 5.97 Å². The fraction of sp³-hybridized carbons (Fsp3) is 0.714. The third kappa shape index (κ3) is 3.82. The summed E-state index contributed by atoms with van der Waals surface area (Å²) in [6.07, 6.45) is 5.49. The predicted molar refractivity (Wildman–Crippen MR) is 77.0 cm³/mol. The van der Waals surface area contributed by atoms with Gasteiger partial charge in [-0.15, -0.1) is 0 Å². The zero-order valence-corrected chi connectivity index (χ0v) is 12.8. The van der Waals surface area contributed by atoms with Gasteiger partial charge in [0.25, 0.3) is 0 Å². The largest absolute Gasteiger partial charge is 0.481 e. The Morgan fingerprint density at radius 1 is 1.36 bits per heavy atom. The Morgan fingerprint density at radius 3 is 2.73 bits per heavy atom. The lowest BCUT2D eigenvalue weighted by molar-refractivity contribution is -0.156. The number of carboxylic acid groups (broad SMARTS) is 1. The Morgan fingerprint density at radius 2 is 2.09 bits per heavy atom. The number of piperidine rings is 1. The molecule has 8 nitrogen and oxygen atoms in total. The van der Waals surface area contributed by atoms with Gasteiger partial charge in [-0.2, -0.15) is 15.0 Å². The number of methoxy groups -OCH3 is 1. The summed E-state index contributed by atoms with van der Waals surface area (Å²) in [5.74, 6) is -0.980. The molecule has 2 rings (SSSR count). The molecule has 0 radical (unpaired) electrons. The van der Waals surface area contributed by atoms with Gasteiger partial charge in [0.2, 0.25) is 5.91 Å². The van der Waals surface area contributed by atoms with E-state index < -0.39 is 11.4 Å². The van der Waals surface area contributed by atoms with Gasteiger partial charge in [0.1, 0.15) is 6.54 Å². The summed E-state index contributed by atoms with van der Waals surface area (Å²) >= 11 is 0. The Hall–Kier alpha value is -1.96. The average molecular weight is 310 g/mol. The van der Waals surface area contributed by atoms with E-state index in [0.717, 1.165) is 0 Å². The standard InChI is InChI=1S/C14H22N4O4/c1-22-9-3-5-14(13(20)21)4-2-8-17(11-14)12(19)10-18-15-6-7-16-18/h6-7H,2-5,8-11H2,1H3,(H,20,21)/t14-/m0/s1. The molecule has 0 unspecified atom stereocenters. The first-order valence-electron chi connectivity index (χ1n) is 7.42. The van der Waals surface area contributed by atoms with Crippen molar-refractivity contribution in [1.82, 2.24) is 19.9 Å². The van der Waals surface area contributed by atoms with Crippen LogP contribution in [0.4, 0.5) is 0 Å². The van der Waals surface area contributed by atoms with Gasteiger partial charge in [0, 0.05) is 26.8 Å². The molecule has 0 aromatic carbocycles. The lowest BCUT2D eigenvalue weighted by Crippen LogP contribution is -2.50. The number of carboxylic acids is 1. The number of rotatable bonds is 7. The topological polar surface area (TPSA) is 97.6 Å². The highest BCUT2D eigenvalue weighted by Gasteiger charge is 2.43. The summed E-state index contributed by atoms with van der Waals surface area (Å²) in [7, 11) is 1.60. The van der Waals surface area contributed by atoms with Crippen LogP contribution < -0.4 is 0 Å². The van der Waals surface area contributed by atoms with E-state index in [-0.39, 0.29) is 19.0 Å². The van der Waals surface area contributed by atoms with Crippen molar-refractivity contribution in [1.29, 1.82) is 0 Å². The molecule has 0 aliphatic carbocycles. The van der Waals surface area contributed by atoms with Crippen LogP contribution in [0.15, 0.2) is 12.4 Å². The van der Waals surface area contributed by atoms with Crippen LogP contribution >= 0.6 is 0 Å². The van der Waals surface area contributed by atoms with E-state index in [0.29, 0.717) is 38.8 Å². The van der Waals surface area contributed by atoms with Crippen LogP contribution in [0, 0.1) is 5.41 Å². The molecule has 2 heterocycles. The first-order chi connectivity index (χ1) is 10.6. The number of hydrogen-bond donors (Lipinski definition) is 1. The maximum absolute atomic E-state index is 12.3. The molecule has 1 aromatic rings.